The molecule has 1 aliphatic carbocycles. The van der Waals surface area contributed by atoms with E-state index in [-0.39, 0.29) is 29.2 Å². The maximum Gasteiger partial charge on any atom is 0.251 e. The summed E-state index contributed by atoms with van der Waals surface area (Å²) in [5, 5.41) is 17.2. The van der Waals surface area contributed by atoms with E-state index in [4.69, 9.17) is 4.74 Å². The fourth-order valence-electron chi connectivity index (χ4n) is 5.13. The van der Waals surface area contributed by atoms with Gasteiger partial charge in [0.05, 0.1) is 12.1 Å². The number of hydrogen-bond acceptors (Lipinski definition) is 5. The molecule has 1 aromatic heterocycles. The van der Waals surface area contributed by atoms with Crippen molar-refractivity contribution in [3.8, 4) is 5.88 Å². The molecule has 1 aromatic carbocycles. The van der Waals surface area contributed by atoms with Gasteiger partial charge >= 0.3 is 0 Å². The molecule has 3 N–H and O–H groups in total. The van der Waals surface area contributed by atoms with Crippen LogP contribution in [0.4, 0.5) is 8.78 Å². The van der Waals surface area contributed by atoms with Gasteiger partial charge in [-0.05, 0) is 67.3 Å². The molecule has 0 saturated heterocycles. The van der Waals surface area contributed by atoms with Crippen LogP contribution >= 0.6 is 0 Å². The minimum atomic E-state index is -1.10. The van der Waals surface area contributed by atoms with Crippen molar-refractivity contribution < 1.29 is 23.4 Å². The van der Waals surface area contributed by atoms with E-state index in [9.17, 15) is 18.7 Å². The Balaban J connectivity index is 1.47. The summed E-state index contributed by atoms with van der Waals surface area (Å²) in [6.45, 7) is 10.5. The third kappa shape index (κ3) is 6.54. The number of carbonyl (C=O) groups excluding carboxylic acids is 1. The molecule has 0 radical (unpaired) electrons. The van der Waals surface area contributed by atoms with Crippen LogP contribution in [-0.2, 0) is 6.42 Å². The van der Waals surface area contributed by atoms with E-state index >= 15 is 0 Å². The minimum absolute atomic E-state index is 0.0177. The van der Waals surface area contributed by atoms with Gasteiger partial charge < -0.3 is 20.5 Å². The molecule has 3 atom stereocenters. The summed E-state index contributed by atoms with van der Waals surface area (Å²) in [6.07, 6.45) is 7.59. The number of nitrogens with one attached hydrogen (secondary N) is 2. The second kappa shape index (κ2) is 10.9. The molecule has 0 unspecified atom stereocenters. The average Bonchev–Trinajstić information content (AvgIpc) is 2.81. The molecule has 1 aliphatic heterocycles. The molecule has 2 heterocycles. The van der Waals surface area contributed by atoms with E-state index in [0.29, 0.717) is 12.3 Å². The Hall–Kier alpha value is -2.84. The first-order valence-corrected chi connectivity index (χ1v) is 12.9. The van der Waals surface area contributed by atoms with Crippen LogP contribution < -0.4 is 15.4 Å². The Morgan fingerprint density at radius 1 is 1.30 bits per heavy atom. The van der Waals surface area contributed by atoms with Crippen LogP contribution in [0.2, 0.25) is 0 Å². The second-order valence-electron chi connectivity index (χ2n) is 11.6. The zero-order chi connectivity index (χ0) is 26.8. The minimum Gasteiger partial charge on any atom is -0.471 e. The largest absolute Gasteiger partial charge is 0.471 e. The predicted octanol–water partition coefficient (Wildman–Crippen LogP) is 5.02. The van der Waals surface area contributed by atoms with Gasteiger partial charge in [0, 0.05) is 36.3 Å². The molecule has 8 heteroatoms. The van der Waals surface area contributed by atoms with Gasteiger partial charge in [-0.25, -0.2) is 13.8 Å². The second-order valence-corrected chi connectivity index (χ2v) is 11.6. The summed E-state index contributed by atoms with van der Waals surface area (Å²) in [4.78, 5) is 17.3. The molecular formula is C29H37F2N3O3. The van der Waals surface area contributed by atoms with Crippen molar-refractivity contribution in [3.63, 3.8) is 0 Å². The first-order chi connectivity index (χ1) is 17.5. The number of amides is 1. The van der Waals surface area contributed by atoms with Crippen molar-refractivity contribution in [3.05, 3.63) is 71.4 Å². The zero-order valence-corrected chi connectivity index (χ0v) is 21.8. The fourth-order valence-corrected chi connectivity index (χ4v) is 5.13. The Labute approximate surface area is 217 Å². The van der Waals surface area contributed by atoms with Crippen LogP contribution in [0.3, 0.4) is 0 Å². The zero-order valence-electron chi connectivity index (χ0n) is 21.8. The lowest BCUT2D eigenvalue weighted by Crippen LogP contribution is -2.52. The highest BCUT2D eigenvalue weighted by molar-refractivity contribution is 5.94. The van der Waals surface area contributed by atoms with Gasteiger partial charge in [-0.1, -0.05) is 26.8 Å². The quantitative estimate of drug-likeness (QED) is 0.410. The van der Waals surface area contributed by atoms with Gasteiger partial charge in [0.1, 0.15) is 5.60 Å². The van der Waals surface area contributed by atoms with E-state index in [1.807, 2.05) is 6.20 Å². The maximum absolute atomic E-state index is 13.6. The van der Waals surface area contributed by atoms with Gasteiger partial charge in [0.2, 0.25) is 5.88 Å². The topological polar surface area (TPSA) is 83.5 Å². The summed E-state index contributed by atoms with van der Waals surface area (Å²) >= 11 is 0. The number of hydrogen-bond donors (Lipinski definition) is 3. The van der Waals surface area contributed by atoms with Crippen LogP contribution in [-0.4, -0.2) is 40.3 Å². The molecule has 2 aliphatic rings. The SMILES string of the molecule is C=CC[C@H](NC(=O)c1ccc(F)c(F)c1)[C@H](O)CN[C@H]1CC2(CCC2)Oc2ncc(CC(C)(C)C)cc21. The average molecular weight is 514 g/mol. The molecule has 1 fully saturated rings. The summed E-state index contributed by atoms with van der Waals surface area (Å²) in [5.74, 6) is -2.07. The molecular weight excluding hydrogens is 476 g/mol. The lowest BCUT2D eigenvalue weighted by molar-refractivity contribution is -0.0420. The molecule has 37 heavy (non-hydrogen) atoms. The van der Waals surface area contributed by atoms with Crippen LogP contribution in [0, 0.1) is 17.0 Å². The number of rotatable bonds is 9. The smallest absolute Gasteiger partial charge is 0.251 e. The van der Waals surface area contributed by atoms with E-state index in [1.165, 1.54) is 6.07 Å². The Morgan fingerprint density at radius 3 is 2.68 bits per heavy atom. The standard InChI is InChI=1S/C29H37F2N3O3/c1-5-7-23(34-26(36)19-8-9-21(30)22(31)13-19)25(35)17-32-24-15-29(10-6-11-29)37-27-20(24)12-18(16-33-27)14-28(2,3)4/h5,8-9,12-13,16,23-25,32,35H,1,6-7,10-11,14-15,17H2,2-4H3,(H,34,36)/t23-,24-,25+/m0/s1. The van der Waals surface area contributed by atoms with Gasteiger partial charge in [-0.3, -0.25) is 4.79 Å². The monoisotopic (exact) mass is 513 g/mol. The van der Waals surface area contributed by atoms with E-state index in [2.05, 4.69) is 49.0 Å². The molecule has 1 saturated carbocycles. The Bertz CT molecular complexity index is 1140. The number of fused-ring (bicyclic) bond motifs is 1. The van der Waals surface area contributed by atoms with Crippen LogP contribution in [0.5, 0.6) is 5.88 Å². The van der Waals surface area contributed by atoms with E-state index < -0.39 is 29.7 Å². The third-order valence-electron chi connectivity index (χ3n) is 7.16. The number of aromatic nitrogens is 1. The molecule has 1 spiro atoms. The van der Waals surface area contributed by atoms with Crippen molar-refractivity contribution in [2.75, 3.05) is 6.54 Å². The lowest BCUT2D eigenvalue weighted by Gasteiger charge is -2.47. The number of pyridine rings is 1. The first-order valence-electron chi connectivity index (χ1n) is 12.9. The summed E-state index contributed by atoms with van der Waals surface area (Å²) in [6, 6.07) is 4.40. The molecule has 1 amide bonds. The molecule has 6 nitrogen and oxygen atoms in total. The predicted molar refractivity (Wildman–Crippen MR) is 138 cm³/mol. The number of aliphatic hydroxyl groups is 1. The van der Waals surface area contributed by atoms with Crippen molar-refractivity contribution in [2.45, 2.75) is 83.1 Å². The summed E-state index contributed by atoms with van der Waals surface area (Å²) < 4.78 is 33.2. The highest BCUT2D eigenvalue weighted by atomic mass is 19.2. The number of aliphatic hydroxyl groups excluding tert-OH is 1. The Morgan fingerprint density at radius 2 is 2.05 bits per heavy atom. The molecule has 4 rings (SSSR count). The van der Waals surface area contributed by atoms with E-state index in [1.54, 1.807) is 6.08 Å². The highest BCUT2D eigenvalue weighted by Crippen LogP contribution is 2.48. The maximum atomic E-state index is 13.6. The Kier molecular flexibility index (Phi) is 7.99. The van der Waals surface area contributed by atoms with E-state index in [0.717, 1.165) is 55.4 Å². The van der Waals surface area contributed by atoms with Gasteiger partial charge in [-0.2, -0.15) is 0 Å². The normalized spacial score (nSPS) is 19.8. The number of carbonyl (C=O) groups is 1. The first kappa shape index (κ1) is 27.2. The summed E-state index contributed by atoms with van der Waals surface area (Å²) in [7, 11) is 0. The van der Waals surface area contributed by atoms with Crippen molar-refractivity contribution in [2.24, 2.45) is 5.41 Å². The van der Waals surface area contributed by atoms with Gasteiger partial charge in [0.15, 0.2) is 11.6 Å². The molecule has 0 bridgehead atoms. The molecule has 200 valence electrons. The number of nitrogens with zero attached hydrogens (tertiary/aromatic N) is 1. The number of ether oxygens (including phenoxy) is 1. The van der Waals surface area contributed by atoms with Crippen molar-refractivity contribution >= 4 is 5.91 Å². The van der Waals surface area contributed by atoms with Gasteiger partial charge in [0.25, 0.3) is 5.91 Å². The highest BCUT2D eigenvalue weighted by Gasteiger charge is 2.46. The van der Waals surface area contributed by atoms with Crippen LogP contribution in [0.1, 0.15) is 80.4 Å². The number of halogens is 2. The number of benzene rings is 1. The fraction of sp³-hybridized carbons (Fsp3) is 0.517. The molecule has 2 aromatic rings. The van der Waals surface area contributed by atoms with Crippen molar-refractivity contribution in [1.82, 2.24) is 15.6 Å². The lowest BCUT2D eigenvalue weighted by atomic mass is 9.73. The van der Waals surface area contributed by atoms with Crippen LogP contribution in [0.25, 0.3) is 0 Å². The third-order valence-corrected chi connectivity index (χ3v) is 7.16. The van der Waals surface area contributed by atoms with Crippen LogP contribution in [0.15, 0.2) is 43.1 Å². The van der Waals surface area contributed by atoms with Gasteiger partial charge in [-0.15, -0.1) is 6.58 Å². The van der Waals surface area contributed by atoms with Crippen molar-refractivity contribution in [1.29, 1.82) is 0 Å². The summed E-state index contributed by atoms with van der Waals surface area (Å²) in [5.41, 5.74) is 1.99.